The van der Waals surface area contributed by atoms with E-state index in [0.29, 0.717) is 0 Å². The molecule has 10 rings (SSSR count). The Kier molecular flexibility index (Phi) is 30.3. The van der Waals surface area contributed by atoms with Gasteiger partial charge in [-0.1, -0.05) is 243 Å². The maximum atomic E-state index is 15.5. The topological polar surface area (TPSA) is 251 Å². The zero-order valence-corrected chi connectivity index (χ0v) is 70.5. The van der Waals surface area contributed by atoms with E-state index in [1.165, 1.54) is 12.1 Å². The number of carbonyl (C=O) groups is 1. The highest BCUT2D eigenvalue weighted by Gasteiger charge is 2.62. The molecule has 0 aliphatic carbocycles. The molecule has 109 heavy (non-hydrogen) atoms. The van der Waals surface area contributed by atoms with Crippen molar-refractivity contribution in [1.29, 1.82) is 0 Å². The van der Waals surface area contributed by atoms with Gasteiger partial charge < -0.3 is 85.1 Å². The molecule has 5 aromatic rings. The molecule has 0 bridgehead atoms. The zero-order chi connectivity index (χ0) is 78.6. The second-order valence-electron chi connectivity index (χ2n) is 32.9. The number of aliphatic hydroxyl groups is 2. The number of benzene rings is 5. The molecule has 26 heteroatoms. The van der Waals surface area contributed by atoms with E-state index in [-0.39, 0.29) is 91.0 Å². The molecule has 22 nitrogen and oxygen atoms in total. The minimum absolute atomic E-state index is 0.0415. The summed E-state index contributed by atoms with van der Waals surface area (Å²) in [5.74, 6) is 0. The summed E-state index contributed by atoms with van der Waals surface area (Å²) in [5, 5.41) is 27.1. The zero-order valence-electron chi connectivity index (χ0n) is 66.7. The van der Waals surface area contributed by atoms with Crippen molar-refractivity contribution >= 4 is 41.1 Å². The number of hydrogen-bond acceptors (Lipinski definition) is 21. The molecule has 5 aliphatic rings. The van der Waals surface area contributed by atoms with E-state index in [4.69, 9.17) is 74.9 Å². The minimum Gasteiger partial charge on any atom is -0.493 e. The van der Waals surface area contributed by atoms with Gasteiger partial charge in [-0.3, -0.25) is 0 Å². The van der Waals surface area contributed by atoms with Crippen LogP contribution in [0.2, 0.25) is 51.4 Å². The molecule has 5 aliphatic heterocycles. The fourth-order valence-corrected chi connectivity index (χ4v) is 29.8. The van der Waals surface area contributed by atoms with E-state index in [2.05, 4.69) is 109 Å². The molecular formula is C83H121NO21SSi3. The van der Waals surface area contributed by atoms with Crippen LogP contribution in [0.25, 0.3) is 0 Å². The van der Waals surface area contributed by atoms with Gasteiger partial charge in [-0.2, -0.15) is 0 Å². The first-order valence-corrected chi connectivity index (χ1v) is 47.6. The van der Waals surface area contributed by atoms with Crippen LogP contribution in [0.15, 0.2) is 169 Å². The smallest absolute Gasteiger partial charge is 0.493 e. The molecule has 0 radical (unpaired) electrons. The Balaban J connectivity index is 1.11. The normalized spacial score (nSPS) is 28.6. The van der Waals surface area contributed by atoms with E-state index in [1.54, 1.807) is 30.5 Å². The SMILES string of the molecule is CC(C)[Si](OC[C@H]1O[C@@H](O[C@@H]2[C@H](O)[C@@H](OCc3ccccc3)[C@H](O[C@H]3[C@H](OCc4ccccc4)C=CO[C@@H]3COCc3ccccc3)O[C@@H]2COCc2ccccc2)[C@H](NS(=O)(=O)c2ccccc2)[C@@H](O[C@@H]2O[C@H](CO[Si](C(C)C)(C(C)C)C(C)C)[C@@H]3OC(=O)O[C@@H]3[C@H]2O[Si](C)(C)C(C)(C)C)[C@H]1O)(C(C)C)C(C)C. The molecule has 3 N–H and O–H groups in total. The van der Waals surface area contributed by atoms with Crippen molar-refractivity contribution in [2.24, 2.45) is 0 Å². The third-order valence-electron chi connectivity index (χ3n) is 22.8. The van der Waals surface area contributed by atoms with E-state index in [9.17, 15) is 15.0 Å². The maximum Gasteiger partial charge on any atom is 0.509 e. The summed E-state index contributed by atoms with van der Waals surface area (Å²) in [7, 11) is -13.1. The van der Waals surface area contributed by atoms with Crippen LogP contribution in [0.1, 0.15) is 126 Å². The molecule has 0 unspecified atom stereocenters. The lowest BCUT2D eigenvalue weighted by Gasteiger charge is -2.52. The molecule has 0 spiro atoms. The van der Waals surface area contributed by atoms with Crippen LogP contribution in [-0.2, 0) is 111 Å². The fourth-order valence-electron chi connectivity index (χ4n) is 16.3. The summed E-state index contributed by atoms with van der Waals surface area (Å²) < 4.78 is 145. The van der Waals surface area contributed by atoms with Crippen molar-refractivity contribution in [1.82, 2.24) is 4.72 Å². The lowest BCUT2D eigenvalue weighted by atomic mass is 9.95. The van der Waals surface area contributed by atoms with Gasteiger partial charge in [0.1, 0.15) is 73.2 Å². The van der Waals surface area contributed by atoms with Gasteiger partial charge in [0.2, 0.25) is 10.0 Å². The summed E-state index contributed by atoms with van der Waals surface area (Å²) in [6.07, 6.45) is -20.1. The average molecular weight is 1590 g/mol. The summed E-state index contributed by atoms with van der Waals surface area (Å²) in [6.45, 7) is 36.3. The molecule has 4 saturated heterocycles. The third kappa shape index (κ3) is 20.9. The number of sulfonamides is 1. The quantitative estimate of drug-likeness (QED) is 0.0247. The monoisotopic (exact) mass is 1580 g/mol. The van der Waals surface area contributed by atoms with Crippen LogP contribution in [0, 0.1) is 0 Å². The number of nitrogens with one attached hydrogen (secondary N) is 1. The lowest BCUT2D eigenvalue weighted by molar-refractivity contribution is -0.372. The third-order valence-corrected chi connectivity index (χ3v) is 40.9. The van der Waals surface area contributed by atoms with Gasteiger partial charge in [0.25, 0.3) is 0 Å². The molecular weight excluding hydrogens is 1460 g/mol. The van der Waals surface area contributed by atoms with Crippen molar-refractivity contribution in [3.63, 3.8) is 0 Å². The van der Waals surface area contributed by atoms with Crippen LogP contribution >= 0.6 is 0 Å². The van der Waals surface area contributed by atoms with Crippen LogP contribution < -0.4 is 4.72 Å². The van der Waals surface area contributed by atoms with Crippen molar-refractivity contribution in [3.8, 4) is 0 Å². The first-order chi connectivity index (χ1) is 51.8. The maximum absolute atomic E-state index is 15.5. The Morgan fingerprint density at radius 2 is 0.872 bits per heavy atom. The van der Waals surface area contributed by atoms with Gasteiger partial charge in [-0.15, -0.1) is 0 Å². The Hall–Kier alpha value is -5.13. The number of carbonyl (C=O) groups excluding carboxylic acids is 1. The molecule has 5 aromatic carbocycles. The molecule has 5 heterocycles. The predicted molar refractivity (Wildman–Crippen MR) is 421 cm³/mol. The van der Waals surface area contributed by atoms with Gasteiger partial charge in [-0.05, 0) is 91.8 Å². The average Bonchev–Trinajstić information content (AvgIpc) is 1.74. The summed E-state index contributed by atoms with van der Waals surface area (Å²) in [5.41, 5.74) is 4.14. The van der Waals surface area contributed by atoms with Crippen LogP contribution in [0.3, 0.4) is 0 Å². The van der Waals surface area contributed by atoms with Crippen molar-refractivity contribution < 1.29 is 98.3 Å². The standard InChI is InChI=1S/C83H121NO21SSi3/c1-53(2)108(54(3)4,55(5)6)95-51-65-70(85)75(102-81-78(105-107(16,17)83(13,14)15)77-74(103-82(87)104-77)68(99-81)52-96-109(56(7)8,57(9)10)58(11)12)69(84-106(88,89)63-41-31-22-32-42-63)79(97-65)101-73-67(50-91-46-60-35-25-19-26-36-60)98-80(76(71(73)86)94-48-62-39-29-21-30-40-62)100-72-64(93-47-61-37-27-20-28-38-61)43-44-92-66(72)49-90-45-59-33-23-18-24-34-59/h18-44,53-58,64-81,84-86H,45-52H2,1-17H3/t64-,65-,66-,67-,68-,69-,70+,71+,72+,73+,74+,75-,76-,77+,78-,79+,80+,81+/m1/s1. The lowest BCUT2D eigenvalue weighted by Crippen LogP contribution is -2.70. The number of hydrogen-bond donors (Lipinski definition) is 3. The summed E-state index contributed by atoms with van der Waals surface area (Å²) in [4.78, 5) is 13.7. The highest BCUT2D eigenvalue weighted by Crippen LogP contribution is 2.48. The summed E-state index contributed by atoms with van der Waals surface area (Å²) >= 11 is 0. The first kappa shape index (κ1) is 86.3. The second kappa shape index (κ2) is 38.3. The molecule has 602 valence electrons. The summed E-state index contributed by atoms with van der Waals surface area (Å²) in [6, 6.07) is 44.6. The molecule has 0 saturated carbocycles. The fraction of sp³-hybridized carbons (Fsp3) is 0.602. The molecule has 0 aromatic heterocycles. The van der Waals surface area contributed by atoms with Crippen molar-refractivity contribution in [3.05, 3.63) is 186 Å². The van der Waals surface area contributed by atoms with Crippen molar-refractivity contribution in [2.75, 3.05) is 26.4 Å². The van der Waals surface area contributed by atoms with Crippen LogP contribution in [-0.4, -0.2) is 187 Å². The van der Waals surface area contributed by atoms with Gasteiger partial charge in [0.05, 0.1) is 64.0 Å². The number of fused-ring (bicyclic) bond motifs is 1. The highest BCUT2D eigenvalue weighted by atomic mass is 32.2. The van der Waals surface area contributed by atoms with Crippen molar-refractivity contribution in [2.45, 2.75) is 297 Å². The largest absolute Gasteiger partial charge is 0.509 e. The Morgan fingerprint density at radius 3 is 1.37 bits per heavy atom. The molecule has 0 amide bonds. The molecule has 4 fully saturated rings. The minimum atomic E-state index is -4.66. The van der Waals surface area contributed by atoms with Gasteiger partial charge in [0.15, 0.2) is 62.1 Å². The van der Waals surface area contributed by atoms with Gasteiger partial charge >= 0.3 is 6.16 Å². The van der Waals surface area contributed by atoms with Crippen LogP contribution in [0.4, 0.5) is 4.79 Å². The van der Waals surface area contributed by atoms with Crippen LogP contribution in [0.5, 0.6) is 0 Å². The number of aliphatic hydroxyl groups excluding tert-OH is 2. The highest BCUT2D eigenvalue weighted by molar-refractivity contribution is 7.89. The van der Waals surface area contributed by atoms with E-state index in [1.807, 2.05) is 134 Å². The van der Waals surface area contributed by atoms with E-state index >= 15 is 8.42 Å². The first-order valence-electron chi connectivity index (χ1n) is 38.9. The predicted octanol–water partition coefficient (Wildman–Crippen LogP) is 14.6. The second-order valence-corrected chi connectivity index (χ2v) is 50.3. The van der Waals surface area contributed by atoms with Gasteiger partial charge in [-0.25, -0.2) is 17.9 Å². The number of rotatable bonds is 37. The number of ether oxygens (including phenoxy) is 13. The molecule has 18 atom stereocenters. The Morgan fingerprint density at radius 1 is 0.459 bits per heavy atom. The Labute approximate surface area is 650 Å². The Bertz CT molecular complexity index is 3670. The van der Waals surface area contributed by atoms with Gasteiger partial charge in [0, 0.05) is 0 Å². The van der Waals surface area contributed by atoms with E-state index in [0.717, 1.165) is 22.3 Å². The van der Waals surface area contributed by atoms with E-state index < -0.39 is 157 Å².